The standard InChI is InChI=1S/C13H19ClN2/c1-16(8-7-15-13-5-6-13)10-11-3-2-4-12(14)9-11/h2-4,9,13,15H,5-8,10H2,1H3. The summed E-state index contributed by atoms with van der Waals surface area (Å²) in [4.78, 5) is 2.32. The highest BCUT2D eigenvalue weighted by Crippen LogP contribution is 2.18. The van der Waals surface area contributed by atoms with Crippen molar-refractivity contribution in [2.75, 3.05) is 20.1 Å². The summed E-state index contributed by atoms with van der Waals surface area (Å²) in [5.74, 6) is 0. The predicted molar refractivity (Wildman–Crippen MR) is 68.8 cm³/mol. The number of benzene rings is 1. The number of hydrogen-bond acceptors (Lipinski definition) is 2. The zero-order valence-corrected chi connectivity index (χ0v) is 10.5. The van der Waals surface area contributed by atoms with Gasteiger partial charge in [-0.05, 0) is 37.6 Å². The van der Waals surface area contributed by atoms with Gasteiger partial charge in [-0.3, -0.25) is 0 Å². The molecule has 1 aliphatic carbocycles. The second kappa shape index (κ2) is 5.67. The van der Waals surface area contributed by atoms with Gasteiger partial charge in [-0.15, -0.1) is 0 Å². The molecule has 16 heavy (non-hydrogen) atoms. The minimum Gasteiger partial charge on any atom is -0.313 e. The Bertz CT molecular complexity index is 336. The van der Waals surface area contributed by atoms with Gasteiger partial charge in [-0.2, -0.15) is 0 Å². The maximum atomic E-state index is 5.95. The van der Waals surface area contributed by atoms with Crippen molar-refractivity contribution in [1.82, 2.24) is 10.2 Å². The van der Waals surface area contributed by atoms with Gasteiger partial charge < -0.3 is 10.2 Å². The minimum absolute atomic E-state index is 0.805. The second-order valence-corrected chi connectivity index (χ2v) is 5.03. The van der Waals surface area contributed by atoms with Crippen molar-refractivity contribution in [2.45, 2.75) is 25.4 Å². The molecule has 1 aromatic rings. The Kier molecular flexibility index (Phi) is 4.22. The molecule has 1 fully saturated rings. The molecule has 0 radical (unpaired) electrons. The van der Waals surface area contributed by atoms with E-state index in [-0.39, 0.29) is 0 Å². The fraction of sp³-hybridized carbons (Fsp3) is 0.538. The quantitative estimate of drug-likeness (QED) is 0.820. The smallest absolute Gasteiger partial charge is 0.0409 e. The van der Waals surface area contributed by atoms with Crippen LogP contribution in [0.2, 0.25) is 5.02 Å². The molecule has 1 N–H and O–H groups in total. The van der Waals surface area contributed by atoms with Gasteiger partial charge in [-0.1, -0.05) is 23.7 Å². The van der Waals surface area contributed by atoms with Gasteiger partial charge in [0, 0.05) is 30.7 Å². The van der Waals surface area contributed by atoms with E-state index in [1.165, 1.54) is 18.4 Å². The zero-order valence-electron chi connectivity index (χ0n) is 9.75. The third kappa shape index (κ3) is 4.12. The molecule has 0 aliphatic heterocycles. The van der Waals surface area contributed by atoms with E-state index < -0.39 is 0 Å². The Morgan fingerprint density at radius 1 is 1.44 bits per heavy atom. The lowest BCUT2D eigenvalue weighted by Gasteiger charge is -2.17. The first kappa shape index (κ1) is 11.9. The summed E-state index contributed by atoms with van der Waals surface area (Å²) in [5.41, 5.74) is 1.28. The predicted octanol–water partition coefficient (Wildman–Crippen LogP) is 2.52. The molecular formula is C13H19ClN2. The molecule has 1 saturated carbocycles. The van der Waals surface area contributed by atoms with Crippen molar-refractivity contribution in [1.29, 1.82) is 0 Å². The maximum absolute atomic E-state index is 5.95. The van der Waals surface area contributed by atoms with Crippen molar-refractivity contribution in [2.24, 2.45) is 0 Å². The summed E-state index contributed by atoms with van der Waals surface area (Å²) >= 11 is 5.95. The SMILES string of the molecule is CN(CCNC1CC1)Cc1cccc(Cl)c1. The van der Waals surface area contributed by atoms with Crippen LogP contribution in [-0.4, -0.2) is 31.1 Å². The summed E-state index contributed by atoms with van der Waals surface area (Å²) in [6.45, 7) is 3.14. The van der Waals surface area contributed by atoms with Gasteiger partial charge in [-0.25, -0.2) is 0 Å². The number of nitrogens with one attached hydrogen (secondary N) is 1. The molecule has 0 aromatic heterocycles. The topological polar surface area (TPSA) is 15.3 Å². The molecule has 3 heteroatoms. The van der Waals surface area contributed by atoms with E-state index in [9.17, 15) is 0 Å². The molecule has 0 atom stereocenters. The Morgan fingerprint density at radius 2 is 2.25 bits per heavy atom. The van der Waals surface area contributed by atoms with Crippen molar-refractivity contribution in [3.8, 4) is 0 Å². The lowest BCUT2D eigenvalue weighted by atomic mass is 10.2. The Balaban J connectivity index is 1.70. The molecule has 1 aromatic carbocycles. The summed E-state index contributed by atoms with van der Waals surface area (Å²) in [7, 11) is 2.15. The fourth-order valence-corrected chi connectivity index (χ4v) is 1.99. The van der Waals surface area contributed by atoms with Crippen LogP contribution in [0.25, 0.3) is 0 Å². The molecule has 0 unspecified atom stereocenters. The van der Waals surface area contributed by atoms with E-state index >= 15 is 0 Å². The van der Waals surface area contributed by atoms with Crippen molar-refractivity contribution < 1.29 is 0 Å². The number of rotatable bonds is 6. The molecule has 0 spiro atoms. The highest BCUT2D eigenvalue weighted by atomic mass is 35.5. The van der Waals surface area contributed by atoms with Crippen molar-refractivity contribution >= 4 is 11.6 Å². The molecule has 0 amide bonds. The Labute approximate surface area is 103 Å². The largest absolute Gasteiger partial charge is 0.313 e. The van der Waals surface area contributed by atoms with Crippen LogP contribution >= 0.6 is 11.6 Å². The van der Waals surface area contributed by atoms with Crippen LogP contribution < -0.4 is 5.32 Å². The molecule has 2 nitrogen and oxygen atoms in total. The van der Waals surface area contributed by atoms with Gasteiger partial charge in [0.1, 0.15) is 0 Å². The van der Waals surface area contributed by atoms with Crippen LogP contribution in [0.5, 0.6) is 0 Å². The van der Waals surface area contributed by atoms with Gasteiger partial charge in [0.05, 0.1) is 0 Å². The second-order valence-electron chi connectivity index (χ2n) is 4.60. The van der Waals surface area contributed by atoms with E-state index in [4.69, 9.17) is 11.6 Å². The number of hydrogen-bond donors (Lipinski definition) is 1. The minimum atomic E-state index is 0.805. The average Bonchev–Trinajstić information content (AvgIpc) is 3.01. The van der Waals surface area contributed by atoms with Crippen LogP contribution in [0.4, 0.5) is 0 Å². The van der Waals surface area contributed by atoms with E-state index in [1.54, 1.807) is 0 Å². The van der Waals surface area contributed by atoms with E-state index in [0.717, 1.165) is 30.7 Å². The van der Waals surface area contributed by atoms with Gasteiger partial charge in [0.25, 0.3) is 0 Å². The van der Waals surface area contributed by atoms with Gasteiger partial charge >= 0.3 is 0 Å². The van der Waals surface area contributed by atoms with E-state index in [0.29, 0.717) is 0 Å². The molecule has 0 saturated heterocycles. The molecule has 1 aliphatic rings. The summed E-state index contributed by atoms with van der Waals surface area (Å²) in [6, 6.07) is 8.89. The van der Waals surface area contributed by atoms with Gasteiger partial charge in [0.15, 0.2) is 0 Å². The number of halogens is 1. The molecule has 0 heterocycles. The Hall–Kier alpha value is -0.570. The molecule has 0 bridgehead atoms. The first-order valence-corrected chi connectivity index (χ1v) is 6.28. The third-order valence-corrected chi connectivity index (χ3v) is 3.08. The number of likely N-dealkylation sites (N-methyl/N-ethyl adjacent to an activating group) is 1. The van der Waals surface area contributed by atoms with Crippen LogP contribution in [-0.2, 0) is 6.54 Å². The van der Waals surface area contributed by atoms with Crippen molar-refractivity contribution in [3.05, 3.63) is 34.9 Å². The lowest BCUT2D eigenvalue weighted by Crippen LogP contribution is -2.30. The van der Waals surface area contributed by atoms with Crippen LogP contribution in [0.3, 0.4) is 0 Å². The van der Waals surface area contributed by atoms with E-state index in [2.05, 4.69) is 23.3 Å². The first-order chi connectivity index (χ1) is 7.74. The van der Waals surface area contributed by atoms with E-state index in [1.807, 2.05) is 18.2 Å². The zero-order chi connectivity index (χ0) is 11.4. The molecular weight excluding hydrogens is 220 g/mol. The van der Waals surface area contributed by atoms with Crippen LogP contribution in [0.1, 0.15) is 18.4 Å². The summed E-state index contributed by atoms with van der Waals surface area (Å²) in [5, 5.41) is 4.34. The fourth-order valence-electron chi connectivity index (χ4n) is 1.77. The number of nitrogens with zero attached hydrogens (tertiary/aromatic N) is 1. The van der Waals surface area contributed by atoms with Crippen LogP contribution in [0.15, 0.2) is 24.3 Å². The highest BCUT2D eigenvalue weighted by Gasteiger charge is 2.19. The monoisotopic (exact) mass is 238 g/mol. The lowest BCUT2D eigenvalue weighted by molar-refractivity contribution is 0.324. The maximum Gasteiger partial charge on any atom is 0.0409 e. The summed E-state index contributed by atoms with van der Waals surface area (Å²) < 4.78 is 0. The highest BCUT2D eigenvalue weighted by molar-refractivity contribution is 6.30. The normalized spacial score (nSPS) is 15.7. The van der Waals surface area contributed by atoms with Gasteiger partial charge in [0.2, 0.25) is 0 Å². The average molecular weight is 239 g/mol. The molecule has 88 valence electrons. The molecule has 2 rings (SSSR count). The summed E-state index contributed by atoms with van der Waals surface area (Å²) in [6.07, 6.45) is 2.72. The Morgan fingerprint density at radius 3 is 2.94 bits per heavy atom. The third-order valence-electron chi connectivity index (χ3n) is 2.85. The van der Waals surface area contributed by atoms with Crippen LogP contribution in [0, 0.1) is 0 Å². The first-order valence-electron chi connectivity index (χ1n) is 5.90. The van der Waals surface area contributed by atoms with Crippen molar-refractivity contribution in [3.63, 3.8) is 0 Å².